The standard InChI is InChI=1S/C12H15O7P/c1-3-18-11(13)8-6-5-7-9(20(15,16)17)10(8)12(14)19-4-2/h5-7H,3-4H2,1-2H3,(H2,15,16,17). The molecule has 0 spiro atoms. The van der Waals surface area contributed by atoms with E-state index in [-0.39, 0.29) is 18.8 Å². The van der Waals surface area contributed by atoms with Crippen LogP contribution in [-0.4, -0.2) is 34.9 Å². The van der Waals surface area contributed by atoms with Crippen molar-refractivity contribution >= 4 is 24.8 Å². The Kier molecular flexibility index (Phi) is 5.44. The first-order chi connectivity index (χ1) is 9.32. The van der Waals surface area contributed by atoms with Gasteiger partial charge in [-0.05, 0) is 26.0 Å². The molecule has 0 fully saturated rings. The molecule has 7 nitrogen and oxygen atoms in total. The van der Waals surface area contributed by atoms with Gasteiger partial charge in [0.25, 0.3) is 0 Å². The SMILES string of the molecule is CCOC(=O)c1cccc(P(=O)(O)O)c1C(=O)OCC. The molecule has 0 saturated heterocycles. The van der Waals surface area contributed by atoms with Gasteiger partial charge in [-0.25, -0.2) is 9.59 Å². The van der Waals surface area contributed by atoms with Crippen molar-refractivity contribution < 1.29 is 33.4 Å². The van der Waals surface area contributed by atoms with Crippen molar-refractivity contribution in [3.8, 4) is 0 Å². The smallest absolute Gasteiger partial charge is 0.357 e. The zero-order valence-electron chi connectivity index (χ0n) is 11.0. The van der Waals surface area contributed by atoms with Crippen LogP contribution in [0.4, 0.5) is 0 Å². The molecule has 0 aliphatic heterocycles. The van der Waals surface area contributed by atoms with Crippen LogP contribution in [0.1, 0.15) is 34.6 Å². The number of hydrogen-bond donors (Lipinski definition) is 2. The predicted molar refractivity (Wildman–Crippen MR) is 70.0 cm³/mol. The predicted octanol–water partition coefficient (Wildman–Crippen LogP) is 0.843. The monoisotopic (exact) mass is 302 g/mol. The van der Waals surface area contributed by atoms with Crippen LogP contribution in [0.5, 0.6) is 0 Å². The van der Waals surface area contributed by atoms with E-state index in [0.717, 1.165) is 6.07 Å². The normalized spacial score (nSPS) is 11.0. The summed E-state index contributed by atoms with van der Waals surface area (Å²) >= 11 is 0. The molecule has 0 unspecified atom stereocenters. The molecule has 0 heterocycles. The molecule has 0 radical (unpaired) electrons. The zero-order valence-corrected chi connectivity index (χ0v) is 11.9. The quantitative estimate of drug-likeness (QED) is 0.612. The van der Waals surface area contributed by atoms with Crippen LogP contribution in [0, 0.1) is 0 Å². The second-order valence-electron chi connectivity index (χ2n) is 3.68. The molecule has 0 atom stereocenters. The molecule has 1 aromatic carbocycles. The highest BCUT2D eigenvalue weighted by atomic mass is 31.2. The molecular weight excluding hydrogens is 287 g/mol. The number of carbonyl (C=O) groups excluding carboxylic acids is 2. The molecule has 1 rings (SSSR count). The third-order valence-electron chi connectivity index (χ3n) is 2.33. The maximum Gasteiger partial charge on any atom is 0.357 e. The molecule has 0 aromatic heterocycles. The van der Waals surface area contributed by atoms with Crippen LogP contribution in [0.25, 0.3) is 0 Å². The van der Waals surface area contributed by atoms with Crippen LogP contribution < -0.4 is 5.30 Å². The summed E-state index contributed by atoms with van der Waals surface area (Å²) in [6.45, 7) is 3.20. The summed E-state index contributed by atoms with van der Waals surface area (Å²) in [6, 6.07) is 3.60. The van der Waals surface area contributed by atoms with Crippen molar-refractivity contribution in [1.82, 2.24) is 0 Å². The summed E-state index contributed by atoms with van der Waals surface area (Å²) in [4.78, 5) is 42.2. The maximum atomic E-state index is 11.9. The minimum atomic E-state index is -4.73. The Balaban J connectivity index is 3.48. The molecule has 8 heteroatoms. The lowest BCUT2D eigenvalue weighted by molar-refractivity contribution is 0.0480. The summed E-state index contributed by atoms with van der Waals surface area (Å²) in [5.41, 5.74) is -0.688. The summed E-state index contributed by atoms with van der Waals surface area (Å²) in [6.07, 6.45) is 0. The largest absolute Gasteiger partial charge is 0.462 e. The number of rotatable bonds is 5. The van der Waals surface area contributed by atoms with E-state index in [2.05, 4.69) is 0 Å². The maximum absolute atomic E-state index is 11.9. The van der Waals surface area contributed by atoms with Crippen LogP contribution >= 0.6 is 7.60 Å². The number of hydrogen-bond acceptors (Lipinski definition) is 5. The van der Waals surface area contributed by atoms with E-state index in [9.17, 15) is 23.9 Å². The molecule has 0 bridgehead atoms. The Labute approximate surface area is 115 Å². The fourth-order valence-electron chi connectivity index (χ4n) is 1.58. The Morgan fingerprint density at radius 3 is 2.15 bits per heavy atom. The van der Waals surface area contributed by atoms with E-state index in [1.54, 1.807) is 13.8 Å². The topological polar surface area (TPSA) is 110 Å². The van der Waals surface area contributed by atoms with Gasteiger partial charge in [-0.3, -0.25) is 4.57 Å². The summed E-state index contributed by atoms with van der Waals surface area (Å²) < 4.78 is 20.9. The van der Waals surface area contributed by atoms with E-state index >= 15 is 0 Å². The van der Waals surface area contributed by atoms with Gasteiger partial charge in [-0.2, -0.15) is 0 Å². The highest BCUT2D eigenvalue weighted by molar-refractivity contribution is 7.60. The molecule has 2 N–H and O–H groups in total. The van der Waals surface area contributed by atoms with Gasteiger partial charge in [-0.1, -0.05) is 6.07 Å². The third kappa shape index (κ3) is 3.66. The van der Waals surface area contributed by atoms with E-state index in [1.807, 2.05) is 0 Å². The first kappa shape index (κ1) is 16.4. The van der Waals surface area contributed by atoms with Crippen molar-refractivity contribution in [1.29, 1.82) is 0 Å². The van der Waals surface area contributed by atoms with Gasteiger partial charge >= 0.3 is 19.5 Å². The van der Waals surface area contributed by atoms with Gasteiger partial charge in [0.2, 0.25) is 0 Å². The molecule has 0 aliphatic carbocycles. The lowest BCUT2D eigenvalue weighted by Gasteiger charge is -2.13. The van der Waals surface area contributed by atoms with Gasteiger partial charge in [0.15, 0.2) is 0 Å². The van der Waals surface area contributed by atoms with Crippen LogP contribution in [0.15, 0.2) is 18.2 Å². The van der Waals surface area contributed by atoms with Gasteiger partial charge in [-0.15, -0.1) is 0 Å². The Morgan fingerprint density at radius 2 is 1.65 bits per heavy atom. The van der Waals surface area contributed by atoms with Crippen molar-refractivity contribution in [2.75, 3.05) is 13.2 Å². The molecule has 0 amide bonds. The Bertz CT molecular complexity index is 561. The van der Waals surface area contributed by atoms with Crippen molar-refractivity contribution in [3.05, 3.63) is 29.3 Å². The van der Waals surface area contributed by atoms with Gasteiger partial charge in [0.05, 0.1) is 29.6 Å². The Hall–Kier alpha value is -1.69. The number of ether oxygens (including phenoxy) is 2. The minimum Gasteiger partial charge on any atom is -0.462 e. The second kappa shape index (κ2) is 6.65. The molecule has 110 valence electrons. The van der Waals surface area contributed by atoms with Crippen molar-refractivity contribution in [2.45, 2.75) is 13.8 Å². The Morgan fingerprint density at radius 1 is 1.10 bits per heavy atom. The summed E-state index contributed by atoms with van der Waals surface area (Å²) in [7, 11) is -4.73. The number of esters is 2. The van der Waals surface area contributed by atoms with Crippen molar-refractivity contribution in [3.63, 3.8) is 0 Å². The van der Waals surface area contributed by atoms with E-state index in [0.29, 0.717) is 0 Å². The van der Waals surface area contributed by atoms with E-state index in [4.69, 9.17) is 9.47 Å². The van der Waals surface area contributed by atoms with Crippen LogP contribution in [0.3, 0.4) is 0 Å². The van der Waals surface area contributed by atoms with Crippen LogP contribution in [0.2, 0.25) is 0 Å². The fourth-order valence-corrected chi connectivity index (χ4v) is 2.36. The van der Waals surface area contributed by atoms with E-state index < -0.39 is 30.4 Å². The van der Waals surface area contributed by atoms with Gasteiger partial charge in [0, 0.05) is 0 Å². The average molecular weight is 302 g/mol. The molecule has 0 saturated carbocycles. The van der Waals surface area contributed by atoms with Gasteiger partial charge < -0.3 is 19.3 Å². The first-order valence-electron chi connectivity index (χ1n) is 5.86. The van der Waals surface area contributed by atoms with E-state index in [1.165, 1.54) is 12.1 Å². The number of benzene rings is 1. The zero-order chi connectivity index (χ0) is 15.3. The van der Waals surface area contributed by atoms with Crippen molar-refractivity contribution in [2.24, 2.45) is 0 Å². The molecular formula is C12H15O7P. The highest BCUT2D eigenvalue weighted by Gasteiger charge is 2.30. The van der Waals surface area contributed by atoms with Crippen LogP contribution in [-0.2, 0) is 14.0 Å². The third-order valence-corrected chi connectivity index (χ3v) is 3.33. The highest BCUT2D eigenvalue weighted by Crippen LogP contribution is 2.35. The van der Waals surface area contributed by atoms with Gasteiger partial charge in [0.1, 0.15) is 0 Å². The lowest BCUT2D eigenvalue weighted by Crippen LogP contribution is -2.23. The number of carbonyl (C=O) groups is 2. The summed E-state index contributed by atoms with van der Waals surface area (Å²) in [5.74, 6) is -1.82. The first-order valence-corrected chi connectivity index (χ1v) is 7.47. The fraction of sp³-hybridized carbons (Fsp3) is 0.333. The lowest BCUT2D eigenvalue weighted by atomic mass is 10.1. The molecule has 1 aromatic rings. The second-order valence-corrected chi connectivity index (χ2v) is 5.25. The molecule has 0 aliphatic rings. The molecule has 20 heavy (non-hydrogen) atoms. The summed E-state index contributed by atoms with van der Waals surface area (Å²) in [5, 5.41) is -0.554. The average Bonchev–Trinajstić information content (AvgIpc) is 2.37. The minimum absolute atomic E-state index is 0.0105.